The Hall–Kier alpha value is -3.66. The smallest absolute Gasteiger partial charge is 0.314 e. The Balaban J connectivity index is 1.39. The van der Waals surface area contributed by atoms with Crippen LogP contribution in [0, 0.1) is 12.8 Å². The summed E-state index contributed by atoms with van der Waals surface area (Å²) in [7, 11) is 0. The summed E-state index contributed by atoms with van der Waals surface area (Å²) in [6.45, 7) is 12.0. The van der Waals surface area contributed by atoms with Gasteiger partial charge >= 0.3 is 5.97 Å². The van der Waals surface area contributed by atoms with E-state index in [1.807, 2.05) is 18.2 Å². The van der Waals surface area contributed by atoms with E-state index in [0.29, 0.717) is 18.6 Å². The third-order valence-corrected chi connectivity index (χ3v) is 9.28. The van der Waals surface area contributed by atoms with Gasteiger partial charge in [0.25, 0.3) is 0 Å². The first-order valence-corrected chi connectivity index (χ1v) is 15.3. The highest BCUT2D eigenvalue weighted by molar-refractivity contribution is 5.98. The number of aliphatic carboxylic acids is 1. The number of carboxylic acid groups (broad SMARTS) is 1. The van der Waals surface area contributed by atoms with Gasteiger partial charge < -0.3 is 10.0 Å². The molecule has 2 aromatic rings. The van der Waals surface area contributed by atoms with Gasteiger partial charge in [0, 0.05) is 30.3 Å². The first kappa shape index (κ1) is 28.9. The number of allylic oxidation sites excluding steroid dienone is 4. The van der Waals surface area contributed by atoms with Crippen LogP contribution in [0.3, 0.4) is 0 Å². The molecule has 0 amide bonds. The van der Waals surface area contributed by atoms with Crippen LogP contribution >= 0.6 is 0 Å². The number of nitrogens with zero attached hydrogens (tertiary/aromatic N) is 1. The number of carboxylic acids is 1. The molecule has 1 unspecified atom stereocenters. The third kappa shape index (κ3) is 6.32. The van der Waals surface area contributed by atoms with Crippen molar-refractivity contribution in [2.75, 3.05) is 13.1 Å². The number of carbonyl (C=O) groups is 2. The molecule has 1 aliphatic heterocycles. The zero-order chi connectivity index (χ0) is 29.0. The Bertz CT molecular complexity index is 1390. The highest BCUT2D eigenvalue weighted by atomic mass is 16.4. The minimum absolute atomic E-state index is 0.286. The van der Waals surface area contributed by atoms with E-state index in [1.54, 1.807) is 0 Å². The number of hydrogen-bond donors (Lipinski definition) is 1. The normalized spacial score (nSPS) is 23.5. The summed E-state index contributed by atoms with van der Waals surface area (Å²) in [6.07, 6.45) is 14.7. The van der Waals surface area contributed by atoms with Crippen LogP contribution in [-0.4, -0.2) is 34.8 Å². The molecule has 2 saturated carbocycles. The van der Waals surface area contributed by atoms with E-state index in [0.717, 1.165) is 98.0 Å². The van der Waals surface area contributed by atoms with Crippen molar-refractivity contribution in [2.24, 2.45) is 5.92 Å². The zero-order valence-corrected chi connectivity index (χ0v) is 24.5. The van der Waals surface area contributed by atoms with Crippen molar-refractivity contribution < 1.29 is 14.7 Å². The standard InChI is InChI=1S/C37H43NO3/c1-4-8-34(38-23-6-10-29(11-7-24-38)35(39)30-14-15-30)33-25-31(13-12-27(33)3)28-16-18-32(19-17-28)37(36(40)41)21-5-9-26(2)20-22-37/h4,8,10,12-13,16-19,25,30H,1-2,5-7,9,11,14-15,20-24H2,3H3,(H,40,41)/b29-10-,34-8+. The summed E-state index contributed by atoms with van der Waals surface area (Å²) < 4.78 is 0. The molecule has 0 radical (unpaired) electrons. The molecule has 214 valence electrons. The monoisotopic (exact) mass is 549 g/mol. The molecule has 4 heteroatoms. The second-order valence-corrected chi connectivity index (χ2v) is 12.1. The minimum Gasteiger partial charge on any atom is -0.481 e. The first-order valence-electron chi connectivity index (χ1n) is 15.3. The van der Waals surface area contributed by atoms with Crippen molar-refractivity contribution in [2.45, 2.75) is 76.5 Å². The van der Waals surface area contributed by atoms with E-state index >= 15 is 0 Å². The molecule has 0 spiro atoms. The lowest BCUT2D eigenvalue weighted by Crippen LogP contribution is -2.35. The quantitative estimate of drug-likeness (QED) is 0.204. The van der Waals surface area contributed by atoms with Gasteiger partial charge in [0.05, 0.1) is 5.41 Å². The van der Waals surface area contributed by atoms with Crippen molar-refractivity contribution in [3.63, 3.8) is 0 Å². The van der Waals surface area contributed by atoms with E-state index in [9.17, 15) is 14.7 Å². The second-order valence-electron chi connectivity index (χ2n) is 12.1. The molecule has 1 N–H and O–H groups in total. The van der Waals surface area contributed by atoms with E-state index < -0.39 is 11.4 Å². The molecule has 2 aliphatic carbocycles. The van der Waals surface area contributed by atoms with Crippen LogP contribution in [0.25, 0.3) is 16.8 Å². The van der Waals surface area contributed by atoms with Crippen molar-refractivity contribution in [1.82, 2.24) is 4.90 Å². The van der Waals surface area contributed by atoms with Crippen LogP contribution in [0.5, 0.6) is 0 Å². The van der Waals surface area contributed by atoms with Crippen molar-refractivity contribution in [3.8, 4) is 11.1 Å². The largest absolute Gasteiger partial charge is 0.481 e. The fourth-order valence-electron chi connectivity index (χ4n) is 6.58. The third-order valence-electron chi connectivity index (χ3n) is 9.28. The Morgan fingerprint density at radius 2 is 1.73 bits per heavy atom. The first-order chi connectivity index (χ1) is 19.8. The Morgan fingerprint density at radius 1 is 0.976 bits per heavy atom. The van der Waals surface area contributed by atoms with Gasteiger partial charge in [-0.25, -0.2) is 0 Å². The molecule has 1 heterocycles. The maximum absolute atomic E-state index is 12.6. The summed E-state index contributed by atoms with van der Waals surface area (Å²) >= 11 is 0. The highest BCUT2D eigenvalue weighted by Gasteiger charge is 2.40. The molecule has 41 heavy (non-hydrogen) atoms. The number of hydrogen-bond acceptors (Lipinski definition) is 3. The summed E-state index contributed by atoms with van der Waals surface area (Å²) in [5.41, 5.74) is 7.95. The summed E-state index contributed by atoms with van der Waals surface area (Å²) in [6, 6.07) is 14.7. The van der Waals surface area contributed by atoms with Gasteiger partial charge in [-0.3, -0.25) is 9.59 Å². The molecular formula is C37H43NO3. The predicted molar refractivity (Wildman–Crippen MR) is 168 cm³/mol. The Labute approximate surface area is 245 Å². The van der Waals surface area contributed by atoms with Crippen LogP contribution in [0.2, 0.25) is 0 Å². The number of carbonyl (C=O) groups excluding carboxylic acids is 1. The zero-order valence-electron chi connectivity index (χ0n) is 24.5. The number of benzene rings is 2. The predicted octanol–water partition coefficient (Wildman–Crippen LogP) is 8.42. The molecule has 0 aromatic heterocycles. The van der Waals surface area contributed by atoms with Gasteiger partial charge in [-0.2, -0.15) is 0 Å². The molecule has 1 atom stereocenters. The van der Waals surface area contributed by atoms with E-state index in [-0.39, 0.29) is 5.92 Å². The van der Waals surface area contributed by atoms with Crippen LogP contribution in [0.4, 0.5) is 0 Å². The molecule has 0 bridgehead atoms. The van der Waals surface area contributed by atoms with Crippen molar-refractivity contribution in [3.05, 3.63) is 102 Å². The topological polar surface area (TPSA) is 57.6 Å². The van der Waals surface area contributed by atoms with Crippen molar-refractivity contribution in [1.29, 1.82) is 0 Å². The summed E-state index contributed by atoms with van der Waals surface area (Å²) in [4.78, 5) is 27.6. The lowest BCUT2D eigenvalue weighted by molar-refractivity contribution is -0.144. The number of Topliss-reactive ketones (excluding diaryl/α,β-unsaturated/α-hetero) is 1. The van der Waals surface area contributed by atoms with Gasteiger partial charge in [-0.05, 0) is 111 Å². The van der Waals surface area contributed by atoms with E-state index in [2.05, 4.69) is 67.5 Å². The molecule has 0 saturated heterocycles. The average molecular weight is 550 g/mol. The summed E-state index contributed by atoms with van der Waals surface area (Å²) in [5.74, 6) is -0.0631. The fourth-order valence-corrected chi connectivity index (χ4v) is 6.58. The minimum atomic E-state index is -0.848. The average Bonchev–Trinajstić information content (AvgIpc) is 3.81. The SMILES string of the molecule is C=C/C=C(\c1cc(-c2ccc(C3(C(=O)O)CCCC(=C)CC3)cc2)ccc1C)N1CC/C=C(\C(=O)C2CC2)CCC1. The van der Waals surface area contributed by atoms with Crippen LogP contribution < -0.4 is 0 Å². The maximum Gasteiger partial charge on any atom is 0.314 e. The van der Waals surface area contributed by atoms with Crippen LogP contribution in [0.1, 0.15) is 80.9 Å². The summed E-state index contributed by atoms with van der Waals surface area (Å²) in [5, 5.41) is 10.3. The second kappa shape index (κ2) is 12.5. The van der Waals surface area contributed by atoms with Gasteiger partial charge in [-0.15, -0.1) is 0 Å². The van der Waals surface area contributed by atoms with Gasteiger partial charge in [-0.1, -0.05) is 67.3 Å². The highest BCUT2D eigenvalue weighted by Crippen LogP contribution is 2.41. The van der Waals surface area contributed by atoms with Crippen molar-refractivity contribution >= 4 is 17.4 Å². The molecule has 2 aromatic carbocycles. The fraction of sp³-hybridized carbons (Fsp3) is 0.405. The number of aryl methyl sites for hydroxylation is 1. The molecule has 3 aliphatic rings. The maximum atomic E-state index is 12.6. The van der Waals surface area contributed by atoms with Gasteiger partial charge in [0.2, 0.25) is 0 Å². The lowest BCUT2D eigenvalue weighted by atomic mass is 9.74. The number of rotatable bonds is 8. The van der Waals surface area contributed by atoms with Crippen LogP contribution in [0.15, 0.2) is 85.0 Å². The molecule has 4 nitrogen and oxygen atoms in total. The Kier molecular flexibility index (Phi) is 8.77. The van der Waals surface area contributed by atoms with E-state index in [1.165, 1.54) is 11.1 Å². The van der Waals surface area contributed by atoms with Crippen LogP contribution in [-0.2, 0) is 15.0 Å². The Morgan fingerprint density at radius 3 is 2.44 bits per heavy atom. The van der Waals surface area contributed by atoms with Gasteiger partial charge in [0.15, 0.2) is 5.78 Å². The number of ketones is 1. The van der Waals surface area contributed by atoms with Gasteiger partial charge in [0.1, 0.15) is 0 Å². The molecule has 2 fully saturated rings. The lowest BCUT2D eigenvalue weighted by Gasteiger charge is -2.30. The molecule has 5 rings (SSSR count). The molecular weight excluding hydrogens is 506 g/mol. The van der Waals surface area contributed by atoms with E-state index in [4.69, 9.17) is 0 Å².